The van der Waals surface area contributed by atoms with E-state index in [1.54, 1.807) is 36.2 Å². The number of hydrogen-bond acceptors (Lipinski definition) is 3. The zero-order chi connectivity index (χ0) is 17.8. The Balaban J connectivity index is 1.75. The molecule has 3 aromatic rings. The Labute approximate surface area is 155 Å². The quantitative estimate of drug-likeness (QED) is 0.714. The van der Waals surface area contributed by atoms with Gasteiger partial charge in [0.1, 0.15) is 11.6 Å². The molecule has 0 saturated carbocycles. The Hall–Kier alpha value is -2.50. The molecular formula is C18H15Cl2N3O2. The lowest BCUT2D eigenvalue weighted by molar-refractivity contribution is 0.102. The van der Waals surface area contributed by atoms with Gasteiger partial charge in [-0.15, -0.1) is 0 Å². The summed E-state index contributed by atoms with van der Waals surface area (Å²) in [4.78, 5) is 12.4. The van der Waals surface area contributed by atoms with Gasteiger partial charge in [0.25, 0.3) is 5.91 Å². The van der Waals surface area contributed by atoms with E-state index in [1.165, 1.54) is 6.07 Å². The third-order valence-electron chi connectivity index (χ3n) is 3.63. The fraction of sp³-hybridized carbons (Fsp3) is 0.111. The number of nitrogens with one attached hydrogen (secondary N) is 1. The van der Waals surface area contributed by atoms with Crippen LogP contribution in [0, 0.1) is 0 Å². The summed E-state index contributed by atoms with van der Waals surface area (Å²) in [5.41, 5.74) is 1.38. The molecule has 0 fully saturated rings. The Bertz CT molecular complexity index is 892. The van der Waals surface area contributed by atoms with Crippen LogP contribution in [0.2, 0.25) is 10.0 Å². The first-order valence-corrected chi connectivity index (χ1v) is 8.23. The van der Waals surface area contributed by atoms with E-state index in [4.69, 9.17) is 27.9 Å². The average molecular weight is 376 g/mol. The summed E-state index contributed by atoms with van der Waals surface area (Å²) in [7, 11) is 1.62. The number of benzene rings is 2. The summed E-state index contributed by atoms with van der Waals surface area (Å²) in [6.45, 7) is 0.515. The minimum absolute atomic E-state index is 0.297. The van der Waals surface area contributed by atoms with Gasteiger partial charge in [-0.1, -0.05) is 35.3 Å². The van der Waals surface area contributed by atoms with Crippen molar-refractivity contribution in [2.45, 2.75) is 6.54 Å². The van der Waals surface area contributed by atoms with Crippen molar-refractivity contribution in [1.82, 2.24) is 9.78 Å². The fourth-order valence-electron chi connectivity index (χ4n) is 2.33. The molecule has 0 aliphatic rings. The molecule has 5 nitrogen and oxygen atoms in total. The van der Waals surface area contributed by atoms with Crippen molar-refractivity contribution in [3.8, 4) is 5.75 Å². The smallest absolute Gasteiger partial charge is 0.258 e. The lowest BCUT2D eigenvalue weighted by atomic mass is 10.2. The summed E-state index contributed by atoms with van der Waals surface area (Å²) in [6.07, 6.45) is 1.63. The van der Waals surface area contributed by atoms with Gasteiger partial charge in [-0.3, -0.25) is 4.79 Å². The number of nitrogens with zero attached hydrogens (tertiary/aromatic N) is 2. The Morgan fingerprint density at radius 1 is 1.16 bits per heavy atom. The van der Waals surface area contributed by atoms with Gasteiger partial charge in [0, 0.05) is 11.1 Å². The zero-order valence-electron chi connectivity index (χ0n) is 13.4. The number of amides is 1. The standard InChI is InChI=1S/C18H15Cl2N3O2/c1-25-14-5-2-12(3-6-14)11-23-17(8-9-21-23)22-18(24)15-7-4-13(19)10-16(15)20/h2-10H,11H2,1H3,(H,22,24). The molecule has 128 valence electrons. The minimum Gasteiger partial charge on any atom is -0.497 e. The van der Waals surface area contributed by atoms with Gasteiger partial charge in [0.2, 0.25) is 0 Å². The second kappa shape index (κ2) is 7.59. The fourth-order valence-corrected chi connectivity index (χ4v) is 2.82. The molecular weight excluding hydrogens is 361 g/mol. The van der Waals surface area contributed by atoms with Gasteiger partial charge in [-0.25, -0.2) is 4.68 Å². The largest absolute Gasteiger partial charge is 0.497 e. The maximum atomic E-state index is 12.4. The molecule has 0 saturated heterocycles. The molecule has 1 aromatic heterocycles. The zero-order valence-corrected chi connectivity index (χ0v) is 14.9. The molecule has 0 radical (unpaired) electrons. The third kappa shape index (κ3) is 4.13. The number of rotatable bonds is 5. The number of anilines is 1. The number of methoxy groups -OCH3 is 1. The Morgan fingerprint density at radius 2 is 1.92 bits per heavy atom. The molecule has 0 unspecified atom stereocenters. The highest BCUT2D eigenvalue weighted by Gasteiger charge is 2.13. The summed E-state index contributed by atoms with van der Waals surface area (Å²) in [6, 6.07) is 14.1. The van der Waals surface area contributed by atoms with Crippen molar-refractivity contribution in [1.29, 1.82) is 0 Å². The van der Waals surface area contributed by atoms with E-state index in [-0.39, 0.29) is 5.91 Å². The van der Waals surface area contributed by atoms with E-state index in [1.807, 2.05) is 24.3 Å². The van der Waals surface area contributed by atoms with Gasteiger partial charge in [-0.2, -0.15) is 5.10 Å². The van der Waals surface area contributed by atoms with Crippen LogP contribution in [0.25, 0.3) is 0 Å². The number of ether oxygens (including phenoxy) is 1. The first kappa shape index (κ1) is 17.3. The van der Waals surface area contributed by atoms with Crippen LogP contribution in [0.4, 0.5) is 5.82 Å². The van der Waals surface area contributed by atoms with Crippen molar-refractivity contribution in [3.05, 3.63) is 75.9 Å². The van der Waals surface area contributed by atoms with Crippen LogP contribution in [0.5, 0.6) is 5.75 Å². The Kier molecular flexibility index (Phi) is 5.26. The maximum absolute atomic E-state index is 12.4. The lowest BCUT2D eigenvalue weighted by Crippen LogP contribution is -2.16. The normalized spacial score (nSPS) is 10.5. The van der Waals surface area contributed by atoms with Crippen LogP contribution in [-0.2, 0) is 6.54 Å². The molecule has 0 spiro atoms. The minimum atomic E-state index is -0.321. The molecule has 7 heteroatoms. The monoisotopic (exact) mass is 375 g/mol. The molecule has 0 aliphatic heterocycles. The summed E-state index contributed by atoms with van der Waals surface area (Å²) in [5, 5.41) is 7.85. The first-order chi connectivity index (χ1) is 12.1. The van der Waals surface area contributed by atoms with Crippen molar-refractivity contribution in [3.63, 3.8) is 0 Å². The van der Waals surface area contributed by atoms with E-state index in [0.29, 0.717) is 28.0 Å². The summed E-state index contributed by atoms with van der Waals surface area (Å²) < 4.78 is 6.85. The van der Waals surface area contributed by atoms with Gasteiger partial charge in [0.15, 0.2) is 0 Å². The predicted molar refractivity (Wildman–Crippen MR) is 98.7 cm³/mol. The highest BCUT2D eigenvalue weighted by atomic mass is 35.5. The second-order valence-corrected chi connectivity index (χ2v) is 6.14. The maximum Gasteiger partial charge on any atom is 0.258 e. The van der Waals surface area contributed by atoms with Crippen LogP contribution < -0.4 is 10.1 Å². The van der Waals surface area contributed by atoms with Crippen LogP contribution in [-0.4, -0.2) is 22.8 Å². The van der Waals surface area contributed by atoms with Crippen molar-refractivity contribution >= 4 is 34.9 Å². The summed E-state index contributed by atoms with van der Waals surface area (Å²) in [5.74, 6) is 1.04. The SMILES string of the molecule is COc1ccc(Cn2nccc2NC(=O)c2ccc(Cl)cc2Cl)cc1. The second-order valence-electron chi connectivity index (χ2n) is 5.30. The van der Waals surface area contributed by atoms with Crippen molar-refractivity contribution < 1.29 is 9.53 Å². The number of hydrogen-bond donors (Lipinski definition) is 1. The van der Waals surface area contributed by atoms with E-state index in [0.717, 1.165) is 11.3 Å². The van der Waals surface area contributed by atoms with Crippen LogP contribution >= 0.6 is 23.2 Å². The number of carbonyl (C=O) groups excluding carboxylic acids is 1. The molecule has 25 heavy (non-hydrogen) atoms. The average Bonchev–Trinajstić information content (AvgIpc) is 3.02. The van der Waals surface area contributed by atoms with Crippen molar-refractivity contribution in [2.75, 3.05) is 12.4 Å². The van der Waals surface area contributed by atoms with Gasteiger partial charge in [0.05, 0.1) is 30.4 Å². The van der Waals surface area contributed by atoms with Gasteiger partial charge >= 0.3 is 0 Å². The number of aromatic nitrogens is 2. The van der Waals surface area contributed by atoms with Crippen LogP contribution in [0.1, 0.15) is 15.9 Å². The molecule has 1 N–H and O–H groups in total. The van der Waals surface area contributed by atoms with Crippen LogP contribution in [0.15, 0.2) is 54.7 Å². The topological polar surface area (TPSA) is 56.1 Å². The molecule has 0 atom stereocenters. The summed E-state index contributed by atoms with van der Waals surface area (Å²) >= 11 is 11.9. The Morgan fingerprint density at radius 3 is 2.60 bits per heavy atom. The molecule has 2 aromatic carbocycles. The highest BCUT2D eigenvalue weighted by Crippen LogP contribution is 2.22. The van der Waals surface area contributed by atoms with Gasteiger partial charge in [-0.05, 0) is 35.9 Å². The molecule has 1 heterocycles. The number of carbonyl (C=O) groups is 1. The molecule has 0 aliphatic carbocycles. The lowest BCUT2D eigenvalue weighted by Gasteiger charge is -2.10. The molecule has 1 amide bonds. The number of halogens is 2. The van der Waals surface area contributed by atoms with Crippen LogP contribution in [0.3, 0.4) is 0 Å². The van der Waals surface area contributed by atoms with E-state index in [9.17, 15) is 4.79 Å². The van der Waals surface area contributed by atoms with Crippen molar-refractivity contribution in [2.24, 2.45) is 0 Å². The third-order valence-corrected chi connectivity index (χ3v) is 4.17. The predicted octanol–water partition coefficient (Wildman–Crippen LogP) is 4.50. The highest BCUT2D eigenvalue weighted by molar-refractivity contribution is 6.37. The molecule has 0 bridgehead atoms. The van der Waals surface area contributed by atoms with Gasteiger partial charge < -0.3 is 10.1 Å². The van der Waals surface area contributed by atoms with E-state index in [2.05, 4.69) is 10.4 Å². The van der Waals surface area contributed by atoms with E-state index >= 15 is 0 Å². The first-order valence-electron chi connectivity index (χ1n) is 7.48. The molecule has 3 rings (SSSR count). The van der Waals surface area contributed by atoms with E-state index < -0.39 is 0 Å².